The third-order valence-electron chi connectivity index (χ3n) is 3.31. The summed E-state index contributed by atoms with van der Waals surface area (Å²) < 4.78 is 0. The van der Waals surface area contributed by atoms with E-state index in [0.29, 0.717) is 24.3 Å². The Morgan fingerprint density at radius 2 is 1.71 bits per heavy atom. The molecule has 0 bridgehead atoms. The fraction of sp³-hybridized carbons (Fsp3) is 0.389. The van der Waals surface area contributed by atoms with Gasteiger partial charge in [-0.25, -0.2) is 0 Å². The fourth-order valence-corrected chi connectivity index (χ4v) is 2.17. The van der Waals surface area contributed by atoms with Gasteiger partial charge in [-0.2, -0.15) is 4.99 Å². The SMILES string of the molecule is C/C=C/C(=O)NCCCCCCNC(=O)c1ccc(N=C=S)cc1. The number of carbonyl (C=O) groups is 2. The number of amides is 2. The Morgan fingerprint density at radius 1 is 1.08 bits per heavy atom. The van der Waals surface area contributed by atoms with E-state index in [4.69, 9.17) is 0 Å². The first kappa shape index (κ1) is 19.7. The number of hydrogen-bond donors (Lipinski definition) is 2. The van der Waals surface area contributed by atoms with Gasteiger partial charge in [0.25, 0.3) is 5.91 Å². The van der Waals surface area contributed by atoms with Gasteiger partial charge in [0, 0.05) is 18.7 Å². The lowest BCUT2D eigenvalue weighted by atomic mass is 10.1. The number of rotatable bonds is 10. The molecule has 0 spiro atoms. The highest BCUT2D eigenvalue weighted by Gasteiger charge is 2.04. The van der Waals surface area contributed by atoms with Gasteiger partial charge in [0.15, 0.2) is 0 Å². The first-order valence-electron chi connectivity index (χ1n) is 8.04. The molecule has 6 heteroatoms. The van der Waals surface area contributed by atoms with E-state index in [-0.39, 0.29) is 11.8 Å². The van der Waals surface area contributed by atoms with E-state index < -0.39 is 0 Å². The summed E-state index contributed by atoms with van der Waals surface area (Å²) in [5.41, 5.74) is 1.29. The van der Waals surface area contributed by atoms with Gasteiger partial charge in [0.05, 0.1) is 10.8 Å². The minimum atomic E-state index is -0.0912. The fourth-order valence-electron chi connectivity index (χ4n) is 2.07. The largest absolute Gasteiger partial charge is 0.353 e. The van der Waals surface area contributed by atoms with Crippen LogP contribution in [0.2, 0.25) is 0 Å². The molecule has 0 saturated heterocycles. The molecule has 1 aromatic carbocycles. The van der Waals surface area contributed by atoms with E-state index in [9.17, 15) is 9.59 Å². The van der Waals surface area contributed by atoms with Crippen molar-refractivity contribution in [3.63, 3.8) is 0 Å². The zero-order valence-electron chi connectivity index (χ0n) is 13.9. The van der Waals surface area contributed by atoms with E-state index in [1.165, 1.54) is 6.08 Å². The normalized spacial score (nSPS) is 10.2. The van der Waals surface area contributed by atoms with Crippen LogP contribution in [0.3, 0.4) is 0 Å². The molecule has 128 valence electrons. The molecule has 0 aliphatic rings. The van der Waals surface area contributed by atoms with Gasteiger partial charge < -0.3 is 10.6 Å². The molecule has 0 saturated carbocycles. The van der Waals surface area contributed by atoms with Crippen LogP contribution in [0.5, 0.6) is 0 Å². The summed E-state index contributed by atoms with van der Waals surface area (Å²) in [6.07, 6.45) is 7.14. The molecule has 5 nitrogen and oxygen atoms in total. The van der Waals surface area contributed by atoms with Gasteiger partial charge in [0.1, 0.15) is 0 Å². The van der Waals surface area contributed by atoms with Crippen LogP contribution in [0.1, 0.15) is 43.0 Å². The van der Waals surface area contributed by atoms with E-state index >= 15 is 0 Å². The minimum absolute atomic E-state index is 0.0490. The van der Waals surface area contributed by atoms with Crippen molar-refractivity contribution in [1.82, 2.24) is 10.6 Å². The molecular formula is C18H23N3O2S. The maximum absolute atomic E-state index is 12.0. The number of nitrogens with one attached hydrogen (secondary N) is 2. The van der Waals surface area contributed by atoms with Crippen molar-refractivity contribution in [3.8, 4) is 0 Å². The summed E-state index contributed by atoms with van der Waals surface area (Å²) in [6.45, 7) is 3.14. The lowest BCUT2D eigenvalue weighted by molar-refractivity contribution is -0.116. The average molecular weight is 345 g/mol. The van der Waals surface area contributed by atoms with Gasteiger partial charge in [-0.1, -0.05) is 18.9 Å². The number of unbranched alkanes of at least 4 members (excludes halogenated alkanes) is 3. The molecular weight excluding hydrogens is 322 g/mol. The molecule has 0 fully saturated rings. The number of isothiocyanates is 1. The van der Waals surface area contributed by atoms with Gasteiger partial charge in [-0.05, 0) is 62.3 Å². The minimum Gasteiger partial charge on any atom is -0.353 e. The predicted molar refractivity (Wildman–Crippen MR) is 99.8 cm³/mol. The second-order valence-corrected chi connectivity index (χ2v) is 5.39. The van der Waals surface area contributed by atoms with Crippen LogP contribution in [0.4, 0.5) is 5.69 Å². The number of aliphatic imine (C=N–C) groups is 1. The van der Waals surface area contributed by atoms with Gasteiger partial charge >= 0.3 is 0 Å². The Morgan fingerprint density at radius 3 is 2.29 bits per heavy atom. The van der Waals surface area contributed by atoms with Crippen LogP contribution >= 0.6 is 12.2 Å². The third-order valence-corrected chi connectivity index (χ3v) is 3.40. The topological polar surface area (TPSA) is 70.6 Å². The zero-order chi connectivity index (χ0) is 17.6. The number of nitrogens with zero attached hydrogens (tertiary/aromatic N) is 1. The number of allylic oxidation sites excluding steroid dienone is 1. The van der Waals surface area contributed by atoms with Crippen LogP contribution in [0.15, 0.2) is 41.4 Å². The number of thiocarbonyl (C=S) groups is 1. The summed E-state index contributed by atoms with van der Waals surface area (Å²) >= 11 is 4.53. The highest BCUT2D eigenvalue weighted by molar-refractivity contribution is 7.78. The van der Waals surface area contributed by atoms with E-state index in [1.54, 1.807) is 30.3 Å². The Labute approximate surface area is 148 Å². The molecule has 0 unspecified atom stereocenters. The molecule has 0 atom stereocenters. The Hall–Kier alpha value is -2.30. The van der Waals surface area contributed by atoms with Crippen LogP contribution in [-0.2, 0) is 4.79 Å². The average Bonchev–Trinajstić information content (AvgIpc) is 2.58. The van der Waals surface area contributed by atoms with E-state index in [1.807, 2.05) is 6.92 Å². The molecule has 0 aliphatic heterocycles. The molecule has 24 heavy (non-hydrogen) atoms. The van der Waals surface area contributed by atoms with Crippen molar-refractivity contribution in [2.75, 3.05) is 13.1 Å². The second-order valence-electron chi connectivity index (χ2n) is 5.21. The van der Waals surface area contributed by atoms with Gasteiger partial charge in [-0.15, -0.1) is 0 Å². The van der Waals surface area contributed by atoms with Crippen LogP contribution in [-0.4, -0.2) is 30.1 Å². The Balaban J connectivity index is 2.11. The molecule has 0 radical (unpaired) electrons. The van der Waals surface area contributed by atoms with Gasteiger partial charge in [0.2, 0.25) is 5.91 Å². The zero-order valence-corrected chi connectivity index (χ0v) is 14.7. The van der Waals surface area contributed by atoms with Crippen LogP contribution in [0.25, 0.3) is 0 Å². The lowest BCUT2D eigenvalue weighted by Crippen LogP contribution is -2.24. The Kier molecular flexibility index (Phi) is 10.0. The first-order chi connectivity index (χ1) is 11.7. The standard InChI is InChI=1S/C18H23N3O2S/c1-2-7-17(22)19-12-5-3-4-6-13-20-18(23)15-8-10-16(11-9-15)21-14-24/h2,7-11H,3-6,12-13H2,1H3,(H,19,22)(H,20,23)/b7-2+. The summed E-state index contributed by atoms with van der Waals surface area (Å²) in [6, 6.07) is 6.90. The van der Waals surface area contributed by atoms with Crippen molar-refractivity contribution >= 4 is 34.9 Å². The molecule has 2 N–H and O–H groups in total. The first-order valence-corrected chi connectivity index (χ1v) is 8.45. The summed E-state index contributed by atoms with van der Waals surface area (Å²) in [4.78, 5) is 27.0. The quantitative estimate of drug-likeness (QED) is 0.295. The van der Waals surface area contributed by atoms with Gasteiger partial charge in [-0.3, -0.25) is 9.59 Å². The lowest BCUT2D eigenvalue weighted by Gasteiger charge is -2.06. The summed E-state index contributed by atoms with van der Waals surface area (Å²) in [7, 11) is 0. The van der Waals surface area contributed by atoms with Crippen LogP contribution in [0, 0.1) is 0 Å². The van der Waals surface area contributed by atoms with Crippen molar-refractivity contribution in [2.24, 2.45) is 4.99 Å². The highest BCUT2D eigenvalue weighted by atomic mass is 32.1. The van der Waals surface area contributed by atoms with E-state index in [2.05, 4.69) is 33.0 Å². The smallest absolute Gasteiger partial charge is 0.251 e. The van der Waals surface area contributed by atoms with Crippen LogP contribution < -0.4 is 10.6 Å². The number of benzene rings is 1. The monoisotopic (exact) mass is 345 g/mol. The molecule has 2 amide bonds. The van der Waals surface area contributed by atoms with Crippen molar-refractivity contribution in [3.05, 3.63) is 42.0 Å². The molecule has 0 aliphatic carbocycles. The van der Waals surface area contributed by atoms with E-state index in [0.717, 1.165) is 25.7 Å². The maximum atomic E-state index is 12.0. The van der Waals surface area contributed by atoms with Crippen molar-refractivity contribution in [2.45, 2.75) is 32.6 Å². The van der Waals surface area contributed by atoms with Crippen molar-refractivity contribution < 1.29 is 9.59 Å². The maximum Gasteiger partial charge on any atom is 0.251 e. The summed E-state index contributed by atoms with van der Waals surface area (Å²) in [5, 5.41) is 7.99. The number of carbonyl (C=O) groups excluding carboxylic acids is 2. The molecule has 0 aromatic heterocycles. The molecule has 1 aromatic rings. The Bertz CT molecular complexity index is 605. The highest BCUT2D eigenvalue weighted by Crippen LogP contribution is 2.12. The predicted octanol–water partition coefficient (Wildman–Crippen LogP) is 3.40. The molecule has 0 heterocycles. The third kappa shape index (κ3) is 8.36. The molecule has 1 rings (SSSR count). The van der Waals surface area contributed by atoms with Crippen molar-refractivity contribution in [1.29, 1.82) is 0 Å². The summed E-state index contributed by atoms with van der Waals surface area (Å²) in [5.74, 6) is -0.140. The second kappa shape index (κ2) is 12.2. The number of hydrogen-bond acceptors (Lipinski definition) is 4.